The number of carbonyl (C=O) groups is 1. The normalized spacial score (nSPS) is 22.1. The van der Waals surface area contributed by atoms with Crippen molar-refractivity contribution in [2.45, 2.75) is 44.2 Å². The van der Waals surface area contributed by atoms with E-state index >= 15 is 0 Å². The van der Waals surface area contributed by atoms with E-state index in [-0.39, 0.29) is 18.0 Å². The third-order valence-electron chi connectivity index (χ3n) is 4.40. The maximum Gasteiger partial charge on any atom is 0.224 e. The Morgan fingerprint density at radius 3 is 2.71 bits per heavy atom. The minimum absolute atomic E-state index is 0.0775. The van der Waals surface area contributed by atoms with E-state index in [0.29, 0.717) is 6.42 Å². The van der Waals surface area contributed by atoms with Crippen molar-refractivity contribution in [2.24, 2.45) is 5.73 Å². The molecule has 3 rings (SSSR count). The second kappa shape index (κ2) is 6.27. The van der Waals surface area contributed by atoms with Gasteiger partial charge in [0, 0.05) is 12.1 Å². The fourth-order valence-corrected chi connectivity index (χ4v) is 3.22. The van der Waals surface area contributed by atoms with E-state index in [1.54, 1.807) is 0 Å². The second-order valence-corrected chi connectivity index (χ2v) is 5.94. The smallest absolute Gasteiger partial charge is 0.224 e. The lowest BCUT2D eigenvalue weighted by atomic mass is 9.91. The third kappa shape index (κ3) is 3.24. The molecule has 2 unspecified atom stereocenters. The van der Waals surface area contributed by atoms with Crippen LogP contribution in [0.4, 0.5) is 0 Å². The zero-order chi connectivity index (χ0) is 14.7. The Bertz CT molecular complexity index is 633. The molecule has 1 amide bonds. The number of nitrogens with one attached hydrogen (secondary N) is 1. The van der Waals surface area contributed by atoms with Gasteiger partial charge < -0.3 is 11.1 Å². The molecule has 2 aromatic carbocycles. The summed E-state index contributed by atoms with van der Waals surface area (Å²) >= 11 is 0. The van der Waals surface area contributed by atoms with E-state index < -0.39 is 0 Å². The van der Waals surface area contributed by atoms with Crippen molar-refractivity contribution < 1.29 is 4.79 Å². The summed E-state index contributed by atoms with van der Waals surface area (Å²) in [7, 11) is 0. The van der Waals surface area contributed by atoms with Crippen molar-refractivity contribution in [3.8, 4) is 0 Å². The highest BCUT2D eigenvalue weighted by Crippen LogP contribution is 2.20. The largest absolute Gasteiger partial charge is 0.352 e. The van der Waals surface area contributed by atoms with E-state index in [4.69, 9.17) is 5.73 Å². The van der Waals surface area contributed by atoms with Gasteiger partial charge in [0.25, 0.3) is 0 Å². The van der Waals surface area contributed by atoms with Gasteiger partial charge in [-0.15, -0.1) is 0 Å². The fraction of sp³-hybridized carbons (Fsp3) is 0.389. The summed E-state index contributed by atoms with van der Waals surface area (Å²) in [6, 6.07) is 14.6. The highest BCUT2D eigenvalue weighted by molar-refractivity contribution is 5.90. The Kier molecular flexibility index (Phi) is 4.20. The molecule has 2 atom stereocenters. The summed E-state index contributed by atoms with van der Waals surface area (Å²) in [6.07, 6.45) is 4.77. The summed E-state index contributed by atoms with van der Waals surface area (Å²) in [5.41, 5.74) is 7.18. The Morgan fingerprint density at radius 1 is 1.10 bits per heavy atom. The molecule has 0 heterocycles. The van der Waals surface area contributed by atoms with E-state index in [1.165, 1.54) is 11.8 Å². The Labute approximate surface area is 125 Å². The van der Waals surface area contributed by atoms with Crippen LogP contribution in [-0.4, -0.2) is 18.0 Å². The summed E-state index contributed by atoms with van der Waals surface area (Å²) in [6.45, 7) is 0. The van der Waals surface area contributed by atoms with Crippen LogP contribution in [0, 0.1) is 0 Å². The lowest BCUT2D eigenvalue weighted by Crippen LogP contribution is -2.49. The number of hydrogen-bond acceptors (Lipinski definition) is 2. The molecule has 110 valence electrons. The van der Waals surface area contributed by atoms with Gasteiger partial charge in [-0.25, -0.2) is 0 Å². The van der Waals surface area contributed by atoms with Crippen LogP contribution >= 0.6 is 0 Å². The summed E-state index contributed by atoms with van der Waals surface area (Å²) < 4.78 is 0. The van der Waals surface area contributed by atoms with Crippen LogP contribution in [0.5, 0.6) is 0 Å². The summed E-state index contributed by atoms with van der Waals surface area (Å²) in [4.78, 5) is 12.3. The van der Waals surface area contributed by atoms with E-state index in [9.17, 15) is 4.79 Å². The van der Waals surface area contributed by atoms with E-state index in [1.807, 2.05) is 24.3 Å². The molecule has 3 nitrogen and oxygen atoms in total. The maximum atomic E-state index is 12.3. The lowest BCUT2D eigenvalue weighted by molar-refractivity contribution is -0.121. The molecule has 0 bridgehead atoms. The van der Waals surface area contributed by atoms with Crippen molar-refractivity contribution in [2.75, 3.05) is 0 Å². The standard InChI is InChI=1S/C18H22N2O/c19-16-10-3-4-11-17(16)20-18(21)12-14-8-5-7-13-6-1-2-9-15(13)14/h1-2,5-9,16-17H,3-4,10-12,19H2,(H,20,21). The molecule has 3 heteroatoms. The topological polar surface area (TPSA) is 55.1 Å². The van der Waals surface area contributed by atoms with Crippen LogP contribution in [-0.2, 0) is 11.2 Å². The molecule has 1 aliphatic carbocycles. The van der Waals surface area contributed by atoms with Gasteiger partial charge in [0.2, 0.25) is 5.91 Å². The second-order valence-electron chi connectivity index (χ2n) is 5.94. The first-order valence-corrected chi connectivity index (χ1v) is 7.75. The molecule has 0 radical (unpaired) electrons. The van der Waals surface area contributed by atoms with Crippen molar-refractivity contribution in [1.82, 2.24) is 5.32 Å². The highest BCUT2D eigenvalue weighted by atomic mass is 16.1. The van der Waals surface area contributed by atoms with Gasteiger partial charge in [0.15, 0.2) is 0 Å². The molecular weight excluding hydrogens is 260 g/mol. The van der Waals surface area contributed by atoms with Crippen molar-refractivity contribution in [3.05, 3.63) is 48.0 Å². The van der Waals surface area contributed by atoms with Crippen molar-refractivity contribution in [3.63, 3.8) is 0 Å². The molecule has 0 aromatic heterocycles. The Morgan fingerprint density at radius 2 is 1.86 bits per heavy atom. The fourth-order valence-electron chi connectivity index (χ4n) is 3.22. The molecule has 0 spiro atoms. The van der Waals surface area contributed by atoms with Gasteiger partial charge in [-0.1, -0.05) is 55.3 Å². The molecule has 1 aliphatic rings. The molecule has 0 saturated heterocycles. The zero-order valence-corrected chi connectivity index (χ0v) is 12.2. The molecule has 1 fully saturated rings. The first-order valence-electron chi connectivity index (χ1n) is 7.75. The highest BCUT2D eigenvalue weighted by Gasteiger charge is 2.23. The molecular formula is C18H22N2O. The number of fused-ring (bicyclic) bond motifs is 1. The number of carbonyl (C=O) groups excluding carboxylic acids is 1. The van der Waals surface area contributed by atoms with Gasteiger partial charge in [-0.2, -0.15) is 0 Å². The Balaban J connectivity index is 1.71. The van der Waals surface area contributed by atoms with Gasteiger partial charge in [-0.05, 0) is 29.2 Å². The quantitative estimate of drug-likeness (QED) is 0.909. The SMILES string of the molecule is NC1CCCCC1NC(=O)Cc1cccc2ccccc12. The first-order chi connectivity index (χ1) is 10.2. The third-order valence-corrected chi connectivity index (χ3v) is 4.40. The van der Waals surface area contributed by atoms with Gasteiger partial charge >= 0.3 is 0 Å². The average Bonchev–Trinajstić information content (AvgIpc) is 2.50. The van der Waals surface area contributed by atoms with Crippen LogP contribution in [0.2, 0.25) is 0 Å². The van der Waals surface area contributed by atoms with Crippen molar-refractivity contribution in [1.29, 1.82) is 0 Å². The number of amides is 1. The van der Waals surface area contributed by atoms with Crippen LogP contribution in [0.15, 0.2) is 42.5 Å². The number of hydrogen-bond donors (Lipinski definition) is 2. The molecule has 0 aliphatic heterocycles. The van der Waals surface area contributed by atoms with E-state index in [2.05, 4.69) is 23.5 Å². The van der Waals surface area contributed by atoms with Gasteiger partial charge in [-0.3, -0.25) is 4.79 Å². The predicted molar refractivity (Wildman–Crippen MR) is 86.0 cm³/mol. The van der Waals surface area contributed by atoms with Gasteiger partial charge in [0.05, 0.1) is 6.42 Å². The number of benzene rings is 2. The molecule has 3 N–H and O–H groups in total. The van der Waals surface area contributed by atoms with Crippen LogP contribution in [0.3, 0.4) is 0 Å². The number of rotatable bonds is 3. The molecule has 21 heavy (non-hydrogen) atoms. The van der Waals surface area contributed by atoms with Crippen LogP contribution in [0.25, 0.3) is 10.8 Å². The summed E-state index contributed by atoms with van der Waals surface area (Å²) in [5.74, 6) is 0.0775. The van der Waals surface area contributed by atoms with E-state index in [0.717, 1.165) is 30.2 Å². The van der Waals surface area contributed by atoms with Gasteiger partial charge in [0.1, 0.15) is 0 Å². The summed E-state index contributed by atoms with van der Waals surface area (Å²) in [5, 5.41) is 5.45. The minimum Gasteiger partial charge on any atom is -0.352 e. The van der Waals surface area contributed by atoms with Crippen LogP contribution in [0.1, 0.15) is 31.2 Å². The number of nitrogens with two attached hydrogens (primary N) is 1. The van der Waals surface area contributed by atoms with Crippen LogP contribution < -0.4 is 11.1 Å². The Hall–Kier alpha value is -1.87. The molecule has 1 saturated carbocycles. The molecule has 2 aromatic rings. The van der Waals surface area contributed by atoms with Crippen molar-refractivity contribution >= 4 is 16.7 Å². The lowest BCUT2D eigenvalue weighted by Gasteiger charge is -2.29. The maximum absolute atomic E-state index is 12.3. The monoisotopic (exact) mass is 282 g/mol. The first kappa shape index (κ1) is 14.1. The average molecular weight is 282 g/mol. The zero-order valence-electron chi connectivity index (χ0n) is 12.2. The predicted octanol–water partition coefficient (Wildman–Crippen LogP) is 2.77. The minimum atomic E-state index is 0.0775.